The summed E-state index contributed by atoms with van der Waals surface area (Å²) in [6, 6.07) is 22.1. The molecule has 2 heteroatoms. The van der Waals surface area contributed by atoms with Crippen LogP contribution in [-0.4, -0.2) is 0 Å². The van der Waals surface area contributed by atoms with E-state index in [1.165, 1.54) is 33.4 Å². The fraction of sp³-hybridized carbons (Fsp3) is 0.100. The first-order valence-electron chi connectivity index (χ1n) is 7.29. The summed E-state index contributed by atoms with van der Waals surface area (Å²) in [4.78, 5) is 0. The molecule has 0 atom stereocenters. The van der Waals surface area contributed by atoms with Crippen LogP contribution in [0, 0.1) is 6.92 Å². The fourth-order valence-electron chi connectivity index (χ4n) is 3.32. The molecule has 0 spiro atoms. The molecule has 0 aliphatic heterocycles. The number of benzene rings is 3. The van der Waals surface area contributed by atoms with Crippen molar-refractivity contribution in [2.45, 2.75) is 12.8 Å². The Labute approximate surface area is 147 Å². The molecule has 3 aromatic rings. The Kier molecular flexibility index (Phi) is 3.47. The third-order valence-electron chi connectivity index (χ3n) is 4.35. The molecule has 1 aliphatic rings. The van der Waals surface area contributed by atoms with Gasteiger partial charge in [0.2, 0.25) is 0 Å². The van der Waals surface area contributed by atoms with E-state index in [1.807, 2.05) is 0 Å². The standard InChI is InChI=1S/C20H14Br2/c1-12-2-4-13(5-3-12)20-18-10-14(21)6-8-16(18)17-9-7-15(22)11-19(17)20/h2-11,20H,1H3. The van der Waals surface area contributed by atoms with Gasteiger partial charge in [-0.15, -0.1) is 0 Å². The van der Waals surface area contributed by atoms with Gasteiger partial charge in [0, 0.05) is 14.9 Å². The van der Waals surface area contributed by atoms with Gasteiger partial charge in [-0.05, 0) is 59.0 Å². The highest BCUT2D eigenvalue weighted by Crippen LogP contribution is 2.49. The molecule has 0 bridgehead atoms. The molecule has 0 saturated carbocycles. The summed E-state index contributed by atoms with van der Waals surface area (Å²) >= 11 is 7.25. The average molecular weight is 414 g/mol. The van der Waals surface area contributed by atoms with Crippen LogP contribution in [0.25, 0.3) is 11.1 Å². The van der Waals surface area contributed by atoms with E-state index in [1.54, 1.807) is 0 Å². The summed E-state index contributed by atoms with van der Waals surface area (Å²) in [5.41, 5.74) is 8.10. The third-order valence-corrected chi connectivity index (χ3v) is 5.34. The zero-order valence-electron chi connectivity index (χ0n) is 12.1. The largest absolute Gasteiger partial charge is 0.0590 e. The van der Waals surface area contributed by atoms with Crippen LogP contribution in [0.15, 0.2) is 69.6 Å². The SMILES string of the molecule is Cc1ccc(C2c3cc(Br)ccc3-c3ccc(Br)cc32)cc1. The molecule has 1 aliphatic carbocycles. The summed E-state index contributed by atoms with van der Waals surface area (Å²) in [7, 11) is 0. The smallest absolute Gasteiger partial charge is 0.0353 e. The first kappa shape index (κ1) is 14.2. The third kappa shape index (κ3) is 2.26. The molecule has 4 rings (SSSR count). The van der Waals surface area contributed by atoms with Crippen molar-refractivity contribution in [3.63, 3.8) is 0 Å². The Morgan fingerprint density at radius 1 is 0.682 bits per heavy atom. The lowest BCUT2D eigenvalue weighted by atomic mass is 9.89. The summed E-state index contributed by atoms with van der Waals surface area (Å²) in [6.45, 7) is 2.13. The van der Waals surface area contributed by atoms with Crippen LogP contribution < -0.4 is 0 Å². The fourth-order valence-corrected chi connectivity index (χ4v) is 4.08. The Balaban J connectivity index is 1.99. The van der Waals surface area contributed by atoms with Crippen LogP contribution in [0.2, 0.25) is 0 Å². The van der Waals surface area contributed by atoms with Crippen LogP contribution >= 0.6 is 31.9 Å². The molecular formula is C20H14Br2. The number of halogens is 2. The zero-order valence-corrected chi connectivity index (χ0v) is 15.3. The van der Waals surface area contributed by atoms with Gasteiger partial charge >= 0.3 is 0 Å². The van der Waals surface area contributed by atoms with Crippen molar-refractivity contribution in [2.75, 3.05) is 0 Å². The molecule has 3 aromatic carbocycles. The van der Waals surface area contributed by atoms with Gasteiger partial charge in [-0.3, -0.25) is 0 Å². The number of aryl methyl sites for hydroxylation is 1. The maximum atomic E-state index is 3.63. The topological polar surface area (TPSA) is 0 Å². The second-order valence-corrected chi connectivity index (χ2v) is 7.64. The van der Waals surface area contributed by atoms with Gasteiger partial charge in [-0.1, -0.05) is 73.8 Å². The highest BCUT2D eigenvalue weighted by atomic mass is 79.9. The molecule has 0 aromatic heterocycles. The lowest BCUT2D eigenvalue weighted by Gasteiger charge is -2.15. The maximum absolute atomic E-state index is 3.63. The second kappa shape index (κ2) is 5.36. The molecule has 0 nitrogen and oxygen atoms in total. The van der Waals surface area contributed by atoms with Crippen LogP contribution in [0.5, 0.6) is 0 Å². The van der Waals surface area contributed by atoms with Crippen LogP contribution in [-0.2, 0) is 0 Å². The van der Waals surface area contributed by atoms with Crippen LogP contribution in [0.3, 0.4) is 0 Å². The Morgan fingerprint density at radius 2 is 1.18 bits per heavy atom. The molecule has 108 valence electrons. The predicted molar refractivity (Wildman–Crippen MR) is 99.4 cm³/mol. The molecule has 0 amide bonds. The summed E-state index contributed by atoms with van der Waals surface area (Å²) in [5, 5.41) is 0. The molecule has 22 heavy (non-hydrogen) atoms. The summed E-state index contributed by atoms with van der Waals surface area (Å²) < 4.78 is 2.27. The molecule has 0 N–H and O–H groups in total. The van der Waals surface area contributed by atoms with Crippen molar-refractivity contribution in [3.05, 3.63) is 91.9 Å². The number of hydrogen-bond acceptors (Lipinski definition) is 0. The van der Waals surface area contributed by atoms with E-state index < -0.39 is 0 Å². The lowest BCUT2D eigenvalue weighted by Crippen LogP contribution is -1.99. The minimum atomic E-state index is 0.306. The molecule has 0 fully saturated rings. The Bertz CT molecular complexity index is 812. The molecular weight excluding hydrogens is 400 g/mol. The van der Waals surface area contributed by atoms with Crippen molar-refractivity contribution in [1.29, 1.82) is 0 Å². The van der Waals surface area contributed by atoms with Crippen LogP contribution in [0.1, 0.15) is 28.2 Å². The average Bonchev–Trinajstić information content (AvgIpc) is 2.80. The normalized spacial score (nSPS) is 13.0. The first-order chi connectivity index (χ1) is 10.6. The van der Waals surface area contributed by atoms with Crippen LogP contribution in [0.4, 0.5) is 0 Å². The number of rotatable bonds is 1. The highest BCUT2D eigenvalue weighted by molar-refractivity contribution is 9.10. The van der Waals surface area contributed by atoms with E-state index in [0.29, 0.717) is 5.92 Å². The predicted octanol–water partition coefficient (Wildman–Crippen LogP) is 6.68. The van der Waals surface area contributed by atoms with E-state index in [-0.39, 0.29) is 0 Å². The van der Waals surface area contributed by atoms with Crippen molar-refractivity contribution in [1.82, 2.24) is 0 Å². The van der Waals surface area contributed by atoms with E-state index in [0.717, 1.165) is 8.95 Å². The van der Waals surface area contributed by atoms with Gasteiger partial charge in [-0.25, -0.2) is 0 Å². The highest BCUT2D eigenvalue weighted by Gasteiger charge is 2.30. The van der Waals surface area contributed by atoms with Gasteiger partial charge in [0.15, 0.2) is 0 Å². The van der Waals surface area contributed by atoms with E-state index >= 15 is 0 Å². The summed E-state index contributed by atoms with van der Waals surface area (Å²) in [6.07, 6.45) is 0. The van der Waals surface area contributed by atoms with Gasteiger partial charge in [-0.2, -0.15) is 0 Å². The molecule has 0 radical (unpaired) electrons. The van der Waals surface area contributed by atoms with Crippen molar-refractivity contribution in [3.8, 4) is 11.1 Å². The number of fused-ring (bicyclic) bond motifs is 3. The first-order valence-corrected chi connectivity index (χ1v) is 8.88. The summed E-state index contributed by atoms with van der Waals surface area (Å²) in [5.74, 6) is 0.306. The minimum Gasteiger partial charge on any atom is -0.0590 e. The minimum absolute atomic E-state index is 0.306. The van der Waals surface area contributed by atoms with Gasteiger partial charge in [0.25, 0.3) is 0 Å². The molecule has 0 unspecified atom stereocenters. The Morgan fingerprint density at radius 3 is 1.68 bits per heavy atom. The van der Waals surface area contributed by atoms with Crippen molar-refractivity contribution >= 4 is 31.9 Å². The lowest BCUT2D eigenvalue weighted by molar-refractivity contribution is 1.01. The monoisotopic (exact) mass is 412 g/mol. The van der Waals surface area contributed by atoms with Gasteiger partial charge in [0.05, 0.1) is 0 Å². The Hall–Kier alpha value is -1.38. The maximum Gasteiger partial charge on any atom is 0.0353 e. The van der Waals surface area contributed by atoms with E-state index in [4.69, 9.17) is 0 Å². The van der Waals surface area contributed by atoms with Crippen molar-refractivity contribution in [2.24, 2.45) is 0 Å². The quantitative estimate of drug-likeness (QED) is 0.326. The van der Waals surface area contributed by atoms with Crippen molar-refractivity contribution < 1.29 is 0 Å². The molecule has 0 saturated heterocycles. The van der Waals surface area contributed by atoms with E-state index in [2.05, 4.69) is 99.4 Å². The van der Waals surface area contributed by atoms with Gasteiger partial charge in [0.1, 0.15) is 0 Å². The number of hydrogen-bond donors (Lipinski definition) is 0. The van der Waals surface area contributed by atoms with E-state index in [9.17, 15) is 0 Å². The molecule has 0 heterocycles. The van der Waals surface area contributed by atoms with Gasteiger partial charge < -0.3 is 0 Å². The second-order valence-electron chi connectivity index (χ2n) is 5.81. The zero-order chi connectivity index (χ0) is 15.3.